The molecule has 0 aromatic heterocycles. The van der Waals surface area contributed by atoms with Gasteiger partial charge in [0, 0.05) is 17.6 Å². The van der Waals surface area contributed by atoms with Gasteiger partial charge in [0.25, 0.3) is 0 Å². The van der Waals surface area contributed by atoms with Crippen molar-refractivity contribution in [3.63, 3.8) is 0 Å². The Hall–Kier alpha value is -0.0500. The van der Waals surface area contributed by atoms with Gasteiger partial charge in [-0.05, 0) is 26.3 Å². The van der Waals surface area contributed by atoms with Gasteiger partial charge in [-0.1, -0.05) is 24.1 Å². The molecule has 0 aromatic carbocycles. The summed E-state index contributed by atoms with van der Waals surface area (Å²) in [5.74, 6) is 0. The van der Waals surface area contributed by atoms with E-state index in [2.05, 4.69) is 11.8 Å². The molecule has 1 fully saturated rings. The lowest BCUT2D eigenvalue weighted by Crippen LogP contribution is -2.52. The van der Waals surface area contributed by atoms with E-state index in [4.69, 9.17) is 11.6 Å². The minimum atomic E-state index is -0.0331. The van der Waals surface area contributed by atoms with Gasteiger partial charge in [-0.3, -0.25) is 4.90 Å². The van der Waals surface area contributed by atoms with Crippen molar-refractivity contribution in [1.82, 2.24) is 4.90 Å². The second-order valence-electron chi connectivity index (χ2n) is 3.92. The molecule has 1 atom stereocenters. The lowest BCUT2D eigenvalue weighted by atomic mass is 9.89. The highest BCUT2D eigenvalue weighted by Gasteiger charge is 2.32. The summed E-state index contributed by atoms with van der Waals surface area (Å²) in [6.07, 6.45) is 5.46. The van der Waals surface area contributed by atoms with Gasteiger partial charge in [0.05, 0.1) is 6.61 Å². The second-order valence-corrected chi connectivity index (χ2v) is 4.17. The Morgan fingerprint density at radius 1 is 1.54 bits per heavy atom. The second kappa shape index (κ2) is 4.99. The SMILES string of the molecule is CC1(CO)CCCCN1C/C=C/Cl. The van der Waals surface area contributed by atoms with Gasteiger partial charge < -0.3 is 5.11 Å². The minimum absolute atomic E-state index is 0.0331. The summed E-state index contributed by atoms with van der Waals surface area (Å²) in [4.78, 5) is 2.30. The molecule has 0 aliphatic carbocycles. The van der Waals surface area contributed by atoms with E-state index in [0.717, 1.165) is 19.5 Å². The molecule has 2 nitrogen and oxygen atoms in total. The van der Waals surface area contributed by atoms with Crippen molar-refractivity contribution in [2.75, 3.05) is 19.7 Å². The fourth-order valence-corrected chi connectivity index (χ4v) is 1.97. The molecule has 0 amide bonds. The Morgan fingerprint density at radius 3 is 2.92 bits per heavy atom. The number of halogens is 1. The molecular formula is C10H18ClNO. The molecule has 0 spiro atoms. The molecule has 0 bridgehead atoms. The third kappa shape index (κ3) is 2.70. The number of aliphatic hydroxyl groups excluding tert-OH is 1. The first-order valence-corrected chi connectivity index (χ1v) is 5.28. The Labute approximate surface area is 85.2 Å². The molecule has 1 heterocycles. The van der Waals surface area contributed by atoms with Crippen molar-refractivity contribution in [1.29, 1.82) is 0 Å². The molecular weight excluding hydrogens is 186 g/mol. The van der Waals surface area contributed by atoms with E-state index in [1.165, 1.54) is 12.8 Å². The molecule has 1 rings (SSSR count). The fourth-order valence-electron chi connectivity index (χ4n) is 1.89. The van der Waals surface area contributed by atoms with E-state index in [1.807, 2.05) is 6.08 Å². The van der Waals surface area contributed by atoms with Crippen LogP contribution in [-0.4, -0.2) is 35.2 Å². The van der Waals surface area contributed by atoms with Crippen molar-refractivity contribution in [3.05, 3.63) is 11.6 Å². The van der Waals surface area contributed by atoms with Crippen LogP contribution in [-0.2, 0) is 0 Å². The van der Waals surface area contributed by atoms with E-state index in [-0.39, 0.29) is 12.1 Å². The maximum absolute atomic E-state index is 9.32. The summed E-state index contributed by atoms with van der Waals surface area (Å²) in [5, 5.41) is 9.32. The Bertz CT molecular complexity index is 184. The zero-order valence-corrected chi connectivity index (χ0v) is 8.93. The molecule has 1 saturated heterocycles. The molecule has 1 unspecified atom stereocenters. The van der Waals surface area contributed by atoms with Crippen LogP contribution in [0.2, 0.25) is 0 Å². The number of hydrogen-bond donors (Lipinski definition) is 1. The van der Waals surface area contributed by atoms with Gasteiger partial charge in [0.1, 0.15) is 0 Å². The number of nitrogens with zero attached hydrogens (tertiary/aromatic N) is 1. The monoisotopic (exact) mass is 203 g/mol. The highest BCUT2D eigenvalue weighted by molar-refractivity contribution is 6.25. The minimum Gasteiger partial charge on any atom is -0.394 e. The van der Waals surface area contributed by atoms with E-state index in [1.54, 1.807) is 5.54 Å². The van der Waals surface area contributed by atoms with Crippen molar-refractivity contribution < 1.29 is 5.11 Å². The van der Waals surface area contributed by atoms with Gasteiger partial charge in [-0.25, -0.2) is 0 Å². The normalized spacial score (nSPS) is 31.3. The average molecular weight is 204 g/mol. The van der Waals surface area contributed by atoms with E-state index in [9.17, 15) is 5.11 Å². The van der Waals surface area contributed by atoms with Crippen LogP contribution in [0.3, 0.4) is 0 Å². The van der Waals surface area contributed by atoms with Gasteiger partial charge in [0.2, 0.25) is 0 Å². The third-order valence-corrected chi connectivity index (χ3v) is 3.09. The van der Waals surface area contributed by atoms with Crippen molar-refractivity contribution in [2.24, 2.45) is 0 Å². The summed E-state index contributed by atoms with van der Waals surface area (Å²) < 4.78 is 0. The summed E-state index contributed by atoms with van der Waals surface area (Å²) in [5.41, 5.74) is 1.51. The van der Waals surface area contributed by atoms with E-state index < -0.39 is 0 Å². The topological polar surface area (TPSA) is 23.5 Å². The standard InChI is InChI=1S/C10H18ClNO/c1-10(9-13)5-2-3-7-12(10)8-4-6-11/h4,6,13H,2-3,5,7-9H2,1H3/b6-4+. The lowest BCUT2D eigenvalue weighted by molar-refractivity contribution is 0.0211. The van der Waals surface area contributed by atoms with Crippen molar-refractivity contribution in [2.45, 2.75) is 31.7 Å². The highest BCUT2D eigenvalue weighted by atomic mass is 35.5. The van der Waals surface area contributed by atoms with Crippen molar-refractivity contribution in [3.8, 4) is 0 Å². The predicted molar refractivity (Wildman–Crippen MR) is 55.9 cm³/mol. The van der Waals surface area contributed by atoms with E-state index >= 15 is 0 Å². The summed E-state index contributed by atoms with van der Waals surface area (Å²) in [6.45, 7) is 4.27. The first-order valence-electron chi connectivity index (χ1n) is 4.84. The van der Waals surface area contributed by atoms with Gasteiger partial charge in [0.15, 0.2) is 0 Å². The van der Waals surface area contributed by atoms with Gasteiger partial charge in [-0.2, -0.15) is 0 Å². The smallest absolute Gasteiger partial charge is 0.0612 e. The molecule has 76 valence electrons. The number of likely N-dealkylation sites (tertiary alicyclic amines) is 1. The quantitative estimate of drug-likeness (QED) is 0.759. The van der Waals surface area contributed by atoms with Crippen LogP contribution in [0.4, 0.5) is 0 Å². The maximum Gasteiger partial charge on any atom is 0.0612 e. The summed E-state index contributed by atoms with van der Waals surface area (Å²) in [6, 6.07) is 0. The number of hydrogen-bond acceptors (Lipinski definition) is 2. The zero-order valence-electron chi connectivity index (χ0n) is 8.17. The average Bonchev–Trinajstić information content (AvgIpc) is 2.17. The maximum atomic E-state index is 9.32. The largest absolute Gasteiger partial charge is 0.394 e. The first kappa shape index (κ1) is 11.0. The van der Waals surface area contributed by atoms with Crippen molar-refractivity contribution >= 4 is 11.6 Å². The number of rotatable bonds is 3. The lowest BCUT2D eigenvalue weighted by Gasteiger charge is -2.43. The fraction of sp³-hybridized carbons (Fsp3) is 0.800. The van der Waals surface area contributed by atoms with Crippen LogP contribution in [0.15, 0.2) is 11.6 Å². The zero-order chi connectivity index (χ0) is 9.73. The molecule has 0 aromatic rings. The molecule has 1 aliphatic heterocycles. The molecule has 0 saturated carbocycles. The molecule has 1 N–H and O–H groups in total. The Morgan fingerprint density at radius 2 is 2.31 bits per heavy atom. The van der Waals surface area contributed by atoms with E-state index in [0.29, 0.717) is 0 Å². The number of piperidine rings is 1. The molecule has 13 heavy (non-hydrogen) atoms. The Balaban J connectivity index is 2.56. The Kier molecular flexibility index (Phi) is 4.23. The molecule has 0 radical (unpaired) electrons. The highest BCUT2D eigenvalue weighted by Crippen LogP contribution is 2.26. The predicted octanol–water partition coefficient (Wildman–Crippen LogP) is 1.98. The van der Waals surface area contributed by atoms with Crippen LogP contribution in [0, 0.1) is 0 Å². The third-order valence-electron chi connectivity index (χ3n) is 2.91. The van der Waals surface area contributed by atoms with Crippen LogP contribution < -0.4 is 0 Å². The van der Waals surface area contributed by atoms with Crippen LogP contribution >= 0.6 is 11.6 Å². The molecule has 3 heteroatoms. The van der Waals surface area contributed by atoms with Crippen LogP contribution in [0.5, 0.6) is 0 Å². The number of aliphatic hydroxyl groups is 1. The summed E-state index contributed by atoms with van der Waals surface area (Å²) >= 11 is 5.49. The van der Waals surface area contributed by atoms with Gasteiger partial charge >= 0.3 is 0 Å². The van der Waals surface area contributed by atoms with Crippen LogP contribution in [0.25, 0.3) is 0 Å². The summed E-state index contributed by atoms with van der Waals surface area (Å²) in [7, 11) is 0. The first-order chi connectivity index (χ1) is 6.23. The molecule has 1 aliphatic rings. The van der Waals surface area contributed by atoms with Crippen LogP contribution in [0.1, 0.15) is 26.2 Å². The van der Waals surface area contributed by atoms with Gasteiger partial charge in [-0.15, -0.1) is 0 Å².